The number of rotatable bonds is 5. The Hall–Kier alpha value is -1.96. The van der Waals surface area contributed by atoms with Crippen LogP contribution in [0.1, 0.15) is 18.4 Å². The molecule has 0 aromatic heterocycles. The van der Waals surface area contributed by atoms with Crippen molar-refractivity contribution in [2.75, 3.05) is 18.4 Å². The van der Waals surface area contributed by atoms with Crippen LogP contribution in [0.5, 0.6) is 0 Å². The summed E-state index contributed by atoms with van der Waals surface area (Å²) in [4.78, 5) is 12.5. The maximum atomic E-state index is 13.7. The Morgan fingerprint density at radius 2 is 1.89 bits per heavy atom. The molecule has 0 saturated carbocycles. The summed E-state index contributed by atoms with van der Waals surface area (Å²) >= 11 is 6.07. The first-order valence-corrected chi connectivity index (χ1v) is 10.6. The van der Waals surface area contributed by atoms with Gasteiger partial charge in [-0.1, -0.05) is 41.9 Å². The van der Waals surface area contributed by atoms with E-state index in [1.165, 1.54) is 22.5 Å². The molecule has 2 aromatic carbocycles. The van der Waals surface area contributed by atoms with Gasteiger partial charge < -0.3 is 5.32 Å². The largest absolute Gasteiger partial charge is 0.323 e. The molecule has 8 heteroatoms. The molecule has 27 heavy (non-hydrogen) atoms. The first-order chi connectivity index (χ1) is 12.9. The van der Waals surface area contributed by atoms with Crippen LogP contribution in [0.4, 0.5) is 10.1 Å². The summed E-state index contributed by atoms with van der Waals surface area (Å²) in [5.41, 5.74) is 0.621. The minimum absolute atomic E-state index is 0.0765. The van der Waals surface area contributed by atoms with Crippen LogP contribution in [-0.2, 0) is 20.6 Å². The van der Waals surface area contributed by atoms with Crippen LogP contribution in [0.25, 0.3) is 0 Å². The van der Waals surface area contributed by atoms with Gasteiger partial charge in [0.1, 0.15) is 5.82 Å². The second-order valence-electron chi connectivity index (χ2n) is 6.51. The number of piperidine rings is 1. The molecule has 5 nitrogen and oxygen atoms in total. The molecule has 2 aromatic rings. The third kappa shape index (κ3) is 4.86. The summed E-state index contributed by atoms with van der Waals surface area (Å²) in [5, 5.41) is 2.95. The Labute approximate surface area is 163 Å². The van der Waals surface area contributed by atoms with Gasteiger partial charge in [-0.3, -0.25) is 4.79 Å². The van der Waals surface area contributed by atoms with Crippen LogP contribution in [-0.4, -0.2) is 31.7 Å². The molecular formula is C19H20ClFN2O3S. The lowest BCUT2D eigenvalue weighted by Crippen LogP contribution is -2.44. The highest BCUT2D eigenvalue weighted by Crippen LogP contribution is 2.25. The number of anilines is 1. The molecule has 0 radical (unpaired) electrons. The fourth-order valence-electron chi connectivity index (χ4n) is 3.11. The van der Waals surface area contributed by atoms with Crippen LogP contribution >= 0.6 is 11.6 Å². The van der Waals surface area contributed by atoms with Crippen molar-refractivity contribution < 1.29 is 17.6 Å². The maximum Gasteiger partial charge on any atom is 0.228 e. The predicted octanol–water partition coefficient (Wildman–Crippen LogP) is 3.66. The molecule has 144 valence electrons. The highest BCUT2D eigenvalue weighted by Gasteiger charge is 2.33. The normalized spacial score (nSPS) is 18.2. The highest BCUT2D eigenvalue weighted by atomic mass is 35.5. The van der Waals surface area contributed by atoms with E-state index in [4.69, 9.17) is 11.6 Å². The monoisotopic (exact) mass is 410 g/mol. The SMILES string of the molecule is O=C(Nc1ccccc1F)[C@@H]1CCCN(S(=O)(=O)Cc2ccccc2Cl)C1. The van der Waals surface area contributed by atoms with Gasteiger partial charge in [0, 0.05) is 18.1 Å². The second kappa shape index (κ2) is 8.37. The molecule has 1 aliphatic rings. The number of benzene rings is 2. The molecule has 1 atom stereocenters. The lowest BCUT2D eigenvalue weighted by molar-refractivity contribution is -0.120. The minimum Gasteiger partial charge on any atom is -0.323 e. The number of halogens is 2. The van der Waals surface area contributed by atoms with Crippen molar-refractivity contribution in [2.24, 2.45) is 5.92 Å². The van der Waals surface area contributed by atoms with Crippen LogP contribution in [0, 0.1) is 11.7 Å². The van der Waals surface area contributed by atoms with E-state index in [-0.39, 0.29) is 23.9 Å². The zero-order chi connectivity index (χ0) is 19.4. The van der Waals surface area contributed by atoms with Crippen molar-refractivity contribution in [1.82, 2.24) is 4.31 Å². The molecule has 1 N–H and O–H groups in total. The van der Waals surface area contributed by atoms with E-state index < -0.39 is 21.8 Å². The molecule has 0 unspecified atom stereocenters. The lowest BCUT2D eigenvalue weighted by Gasteiger charge is -2.31. The Morgan fingerprint density at radius 1 is 1.19 bits per heavy atom. The summed E-state index contributed by atoms with van der Waals surface area (Å²) in [7, 11) is -3.61. The first-order valence-electron chi connectivity index (χ1n) is 8.63. The van der Waals surface area contributed by atoms with Gasteiger partial charge in [-0.05, 0) is 36.6 Å². The molecule has 1 aliphatic heterocycles. The smallest absolute Gasteiger partial charge is 0.228 e. The number of carbonyl (C=O) groups is 1. The Balaban J connectivity index is 1.69. The van der Waals surface area contributed by atoms with Gasteiger partial charge in [0.25, 0.3) is 0 Å². The third-order valence-corrected chi connectivity index (χ3v) is 6.74. The zero-order valence-corrected chi connectivity index (χ0v) is 16.1. The van der Waals surface area contributed by atoms with Crippen molar-refractivity contribution in [3.05, 3.63) is 64.9 Å². The molecule has 1 heterocycles. The van der Waals surface area contributed by atoms with Gasteiger partial charge in [-0.2, -0.15) is 0 Å². The molecule has 1 saturated heterocycles. The number of hydrogen-bond donors (Lipinski definition) is 1. The summed E-state index contributed by atoms with van der Waals surface area (Å²) in [5.74, 6) is -1.64. The highest BCUT2D eigenvalue weighted by molar-refractivity contribution is 7.88. The number of nitrogens with zero attached hydrogens (tertiary/aromatic N) is 1. The number of para-hydroxylation sites is 1. The minimum atomic E-state index is -3.61. The van der Waals surface area contributed by atoms with Gasteiger partial charge in [0.2, 0.25) is 15.9 Å². The van der Waals surface area contributed by atoms with Crippen molar-refractivity contribution >= 4 is 33.2 Å². The van der Waals surface area contributed by atoms with E-state index >= 15 is 0 Å². The van der Waals surface area contributed by atoms with Gasteiger partial charge in [0.15, 0.2) is 0 Å². The molecule has 0 aliphatic carbocycles. The summed E-state index contributed by atoms with van der Waals surface area (Å²) < 4.78 is 40.6. The summed E-state index contributed by atoms with van der Waals surface area (Å²) in [6.07, 6.45) is 1.12. The first kappa shape index (κ1) is 19.8. The van der Waals surface area contributed by atoms with Crippen molar-refractivity contribution in [3.8, 4) is 0 Å². The summed E-state index contributed by atoms with van der Waals surface area (Å²) in [6.45, 7) is 0.434. The van der Waals surface area contributed by atoms with Gasteiger partial charge >= 0.3 is 0 Å². The van der Waals surface area contributed by atoms with Crippen molar-refractivity contribution in [1.29, 1.82) is 0 Å². The van der Waals surface area contributed by atoms with E-state index in [2.05, 4.69) is 5.32 Å². The third-order valence-electron chi connectivity index (χ3n) is 4.58. The quantitative estimate of drug-likeness (QED) is 0.818. The van der Waals surface area contributed by atoms with Crippen molar-refractivity contribution in [3.63, 3.8) is 0 Å². The lowest BCUT2D eigenvalue weighted by atomic mass is 9.98. The Kier molecular flexibility index (Phi) is 6.14. The van der Waals surface area contributed by atoms with E-state index in [1.807, 2.05) is 0 Å². The number of amides is 1. The second-order valence-corrected chi connectivity index (χ2v) is 8.89. The maximum absolute atomic E-state index is 13.7. The zero-order valence-electron chi connectivity index (χ0n) is 14.6. The number of nitrogens with one attached hydrogen (secondary N) is 1. The predicted molar refractivity (Wildman–Crippen MR) is 103 cm³/mol. The fraction of sp³-hybridized carbons (Fsp3) is 0.316. The summed E-state index contributed by atoms with van der Waals surface area (Å²) in [6, 6.07) is 12.7. The van der Waals surface area contributed by atoms with Crippen LogP contribution < -0.4 is 5.32 Å². The molecule has 1 amide bonds. The molecule has 3 rings (SSSR count). The Bertz CT molecular complexity index is 936. The topological polar surface area (TPSA) is 66.5 Å². The van der Waals surface area contributed by atoms with Crippen molar-refractivity contribution in [2.45, 2.75) is 18.6 Å². The number of carbonyl (C=O) groups excluding carboxylic acids is 1. The Morgan fingerprint density at radius 3 is 2.63 bits per heavy atom. The van der Waals surface area contributed by atoms with E-state index in [0.29, 0.717) is 30.0 Å². The van der Waals surface area contributed by atoms with Gasteiger partial charge in [-0.15, -0.1) is 0 Å². The fourth-order valence-corrected chi connectivity index (χ4v) is 5.03. The van der Waals surface area contributed by atoms with E-state index in [9.17, 15) is 17.6 Å². The van der Waals surface area contributed by atoms with Gasteiger partial charge in [-0.25, -0.2) is 17.1 Å². The molecule has 1 fully saturated rings. The standard InChI is InChI=1S/C19H20ClFN2O3S/c20-16-8-2-1-6-15(16)13-27(25,26)23-11-5-7-14(12-23)19(24)22-18-10-4-3-9-17(18)21/h1-4,6,8-10,14H,5,7,11-13H2,(H,22,24)/t14-/m1/s1. The number of sulfonamides is 1. The molecule has 0 spiro atoms. The van der Waals surface area contributed by atoms with Crippen LogP contribution in [0.3, 0.4) is 0 Å². The molecule has 0 bridgehead atoms. The van der Waals surface area contributed by atoms with E-state index in [0.717, 1.165) is 0 Å². The van der Waals surface area contributed by atoms with Crippen LogP contribution in [0.2, 0.25) is 5.02 Å². The average Bonchev–Trinajstić information content (AvgIpc) is 2.65. The average molecular weight is 411 g/mol. The molecular weight excluding hydrogens is 391 g/mol. The van der Waals surface area contributed by atoms with E-state index in [1.54, 1.807) is 30.3 Å². The van der Waals surface area contributed by atoms with Crippen LogP contribution in [0.15, 0.2) is 48.5 Å². The van der Waals surface area contributed by atoms with Gasteiger partial charge in [0.05, 0.1) is 17.4 Å². The number of hydrogen-bond acceptors (Lipinski definition) is 3.